The summed E-state index contributed by atoms with van der Waals surface area (Å²) in [5.41, 5.74) is 3.40. The molecule has 0 saturated heterocycles. The Bertz CT molecular complexity index is 642. The van der Waals surface area contributed by atoms with Crippen molar-refractivity contribution in [1.82, 2.24) is 0 Å². The first kappa shape index (κ1) is 13.6. The number of nitrogens with one attached hydrogen (secondary N) is 1. The molecule has 2 nitrogen and oxygen atoms in total. The number of halogens is 2. The van der Waals surface area contributed by atoms with Crippen molar-refractivity contribution in [2.45, 2.75) is 19.4 Å². The number of hydrogen-bond acceptors (Lipinski definition) is 2. The second-order valence-electron chi connectivity index (χ2n) is 5.04. The van der Waals surface area contributed by atoms with Gasteiger partial charge in [-0.05, 0) is 48.4 Å². The van der Waals surface area contributed by atoms with Crippen molar-refractivity contribution in [3.63, 3.8) is 0 Å². The predicted octanol–water partition coefficient (Wildman–Crippen LogP) is 4.72. The van der Waals surface area contributed by atoms with E-state index in [0.29, 0.717) is 0 Å². The molecule has 0 spiro atoms. The second kappa shape index (κ2) is 5.55. The van der Waals surface area contributed by atoms with Crippen LogP contribution in [0, 0.1) is 6.92 Å². The maximum atomic E-state index is 6.02. The molecule has 0 bridgehead atoms. The third-order valence-corrected chi connectivity index (χ3v) is 3.95. The molecule has 1 aliphatic heterocycles. The number of rotatable bonds is 3. The summed E-state index contributed by atoms with van der Waals surface area (Å²) in [5.74, 6) is 0.934. The number of ether oxygens (including phenoxy) is 1. The first-order chi connectivity index (χ1) is 9.61. The highest BCUT2D eigenvalue weighted by Crippen LogP contribution is 2.31. The van der Waals surface area contributed by atoms with Crippen molar-refractivity contribution < 1.29 is 4.74 Å². The maximum absolute atomic E-state index is 6.02. The molecule has 0 radical (unpaired) electrons. The minimum Gasteiger partial charge on any atom is -0.488 e. The minimum atomic E-state index is 0.127. The van der Waals surface area contributed by atoms with E-state index in [1.54, 1.807) is 0 Å². The molecule has 1 atom stereocenters. The van der Waals surface area contributed by atoms with Gasteiger partial charge in [-0.25, -0.2) is 0 Å². The number of fused-ring (bicyclic) bond motifs is 1. The third-order valence-electron chi connectivity index (χ3n) is 3.48. The predicted molar refractivity (Wildman–Crippen MR) is 84.3 cm³/mol. The van der Waals surface area contributed by atoms with E-state index in [1.165, 1.54) is 11.1 Å². The van der Waals surface area contributed by atoms with Crippen LogP contribution in [0.3, 0.4) is 0 Å². The summed E-state index contributed by atoms with van der Waals surface area (Å²) >= 11 is 12.0. The van der Waals surface area contributed by atoms with Crippen LogP contribution in [0.4, 0.5) is 5.69 Å². The van der Waals surface area contributed by atoms with Gasteiger partial charge in [0.2, 0.25) is 0 Å². The Morgan fingerprint density at radius 1 is 1.15 bits per heavy atom. The SMILES string of the molecule is Cc1ccc(Cl)cc1NCC1Cc2cc(Cl)ccc2O1. The maximum Gasteiger partial charge on any atom is 0.123 e. The fraction of sp³-hybridized carbons (Fsp3) is 0.250. The van der Waals surface area contributed by atoms with E-state index >= 15 is 0 Å². The van der Waals surface area contributed by atoms with Gasteiger partial charge in [-0.2, -0.15) is 0 Å². The second-order valence-corrected chi connectivity index (χ2v) is 5.91. The summed E-state index contributed by atoms with van der Waals surface area (Å²) in [5, 5.41) is 4.90. The largest absolute Gasteiger partial charge is 0.488 e. The molecular formula is C16H15Cl2NO. The van der Waals surface area contributed by atoms with Crippen molar-refractivity contribution in [2.24, 2.45) is 0 Å². The molecular weight excluding hydrogens is 293 g/mol. The van der Waals surface area contributed by atoms with Crippen molar-refractivity contribution in [2.75, 3.05) is 11.9 Å². The lowest BCUT2D eigenvalue weighted by atomic mass is 10.1. The van der Waals surface area contributed by atoms with Crippen molar-refractivity contribution >= 4 is 28.9 Å². The average Bonchev–Trinajstić information content (AvgIpc) is 2.81. The zero-order valence-electron chi connectivity index (χ0n) is 11.1. The van der Waals surface area contributed by atoms with E-state index in [4.69, 9.17) is 27.9 Å². The van der Waals surface area contributed by atoms with Crippen LogP contribution in [0.15, 0.2) is 36.4 Å². The summed E-state index contributed by atoms with van der Waals surface area (Å²) in [7, 11) is 0. The van der Waals surface area contributed by atoms with Crippen LogP contribution in [0.25, 0.3) is 0 Å². The van der Waals surface area contributed by atoms with Crippen molar-refractivity contribution in [1.29, 1.82) is 0 Å². The summed E-state index contributed by atoms with van der Waals surface area (Å²) in [6, 6.07) is 11.6. The van der Waals surface area contributed by atoms with E-state index in [1.807, 2.05) is 36.4 Å². The first-order valence-corrected chi connectivity index (χ1v) is 7.32. The van der Waals surface area contributed by atoms with Gasteiger partial charge in [-0.3, -0.25) is 0 Å². The van der Waals surface area contributed by atoms with Gasteiger partial charge in [0.1, 0.15) is 11.9 Å². The van der Waals surface area contributed by atoms with Gasteiger partial charge < -0.3 is 10.1 Å². The Labute approximate surface area is 128 Å². The molecule has 0 aliphatic carbocycles. The van der Waals surface area contributed by atoms with Gasteiger partial charge in [-0.15, -0.1) is 0 Å². The quantitative estimate of drug-likeness (QED) is 0.886. The fourth-order valence-corrected chi connectivity index (χ4v) is 2.78. The Balaban J connectivity index is 1.65. The standard InChI is InChI=1S/C16H15Cl2NO/c1-10-2-3-13(18)8-15(10)19-9-14-7-11-6-12(17)4-5-16(11)20-14/h2-6,8,14,19H,7,9H2,1H3. The van der Waals surface area contributed by atoms with E-state index in [2.05, 4.69) is 12.2 Å². The van der Waals surface area contributed by atoms with E-state index < -0.39 is 0 Å². The van der Waals surface area contributed by atoms with Crippen LogP contribution in [0.5, 0.6) is 5.75 Å². The van der Waals surface area contributed by atoms with Gasteiger partial charge >= 0.3 is 0 Å². The lowest BCUT2D eigenvalue weighted by molar-refractivity contribution is 0.246. The van der Waals surface area contributed by atoms with Crippen LogP contribution < -0.4 is 10.1 Å². The molecule has 1 heterocycles. The highest BCUT2D eigenvalue weighted by Gasteiger charge is 2.22. The molecule has 0 aromatic heterocycles. The first-order valence-electron chi connectivity index (χ1n) is 6.57. The Morgan fingerprint density at radius 3 is 2.75 bits per heavy atom. The molecule has 1 N–H and O–H groups in total. The van der Waals surface area contributed by atoms with Crippen LogP contribution in [0.1, 0.15) is 11.1 Å². The van der Waals surface area contributed by atoms with Crippen LogP contribution in [-0.2, 0) is 6.42 Å². The van der Waals surface area contributed by atoms with Gasteiger partial charge in [0, 0.05) is 22.2 Å². The van der Waals surface area contributed by atoms with Crippen LogP contribution in [0.2, 0.25) is 10.0 Å². The average molecular weight is 308 g/mol. The molecule has 0 amide bonds. The lowest BCUT2D eigenvalue weighted by Crippen LogP contribution is -2.24. The monoisotopic (exact) mass is 307 g/mol. The number of aryl methyl sites for hydroxylation is 1. The van der Waals surface area contributed by atoms with Crippen LogP contribution >= 0.6 is 23.2 Å². The zero-order valence-corrected chi connectivity index (χ0v) is 12.6. The highest BCUT2D eigenvalue weighted by molar-refractivity contribution is 6.31. The van der Waals surface area contributed by atoms with Crippen molar-refractivity contribution in [3.05, 3.63) is 57.6 Å². The normalized spacial score (nSPS) is 16.6. The molecule has 2 aromatic carbocycles. The Kier molecular flexibility index (Phi) is 3.77. The topological polar surface area (TPSA) is 21.3 Å². The van der Waals surface area contributed by atoms with E-state index in [-0.39, 0.29) is 6.10 Å². The van der Waals surface area contributed by atoms with Crippen LogP contribution in [-0.4, -0.2) is 12.6 Å². The summed E-state index contributed by atoms with van der Waals surface area (Å²) in [6.45, 7) is 2.80. The summed E-state index contributed by atoms with van der Waals surface area (Å²) < 4.78 is 5.90. The molecule has 20 heavy (non-hydrogen) atoms. The summed E-state index contributed by atoms with van der Waals surface area (Å²) in [6.07, 6.45) is 1.00. The number of hydrogen-bond donors (Lipinski definition) is 1. The third kappa shape index (κ3) is 2.87. The highest BCUT2D eigenvalue weighted by atomic mass is 35.5. The smallest absolute Gasteiger partial charge is 0.123 e. The van der Waals surface area contributed by atoms with Gasteiger partial charge in [-0.1, -0.05) is 29.3 Å². The zero-order chi connectivity index (χ0) is 14.1. The van der Waals surface area contributed by atoms with Gasteiger partial charge in [0.25, 0.3) is 0 Å². The van der Waals surface area contributed by atoms with E-state index in [9.17, 15) is 0 Å². The molecule has 1 unspecified atom stereocenters. The number of benzene rings is 2. The van der Waals surface area contributed by atoms with Crippen molar-refractivity contribution in [3.8, 4) is 5.75 Å². The molecule has 0 saturated carbocycles. The molecule has 104 valence electrons. The Hall–Kier alpha value is -1.38. The van der Waals surface area contributed by atoms with Gasteiger partial charge in [0.05, 0.1) is 6.54 Å². The van der Waals surface area contributed by atoms with E-state index in [0.717, 1.165) is 34.4 Å². The molecule has 3 rings (SSSR count). The molecule has 2 aromatic rings. The molecule has 1 aliphatic rings. The Morgan fingerprint density at radius 2 is 1.90 bits per heavy atom. The molecule has 4 heteroatoms. The summed E-state index contributed by atoms with van der Waals surface area (Å²) in [4.78, 5) is 0. The van der Waals surface area contributed by atoms with Gasteiger partial charge in [0.15, 0.2) is 0 Å². The lowest BCUT2D eigenvalue weighted by Gasteiger charge is -2.14. The molecule has 0 fully saturated rings. The fourth-order valence-electron chi connectivity index (χ4n) is 2.41. The number of anilines is 1. The minimum absolute atomic E-state index is 0.127.